The molecule has 1 heterocycles. The van der Waals surface area contributed by atoms with Gasteiger partial charge < -0.3 is 14.7 Å². The van der Waals surface area contributed by atoms with Crippen molar-refractivity contribution in [2.75, 3.05) is 18.7 Å². The van der Waals surface area contributed by atoms with Crippen molar-refractivity contribution in [1.82, 2.24) is 5.32 Å². The van der Waals surface area contributed by atoms with Crippen LogP contribution in [0.15, 0.2) is 48.5 Å². The molecule has 23 heavy (non-hydrogen) atoms. The van der Waals surface area contributed by atoms with Crippen LogP contribution in [0.5, 0.6) is 5.75 Å². The molecule has 120 valence electrons. The first-order valence-electron chi connectivity index (χ1n) is 7.62. The number of nitrogens with one attached hydrogen (secondary N) is 1. The van der Waals surface area contributed by atoms with Crippen LogP contribution in [0.4, 0.5) is 5.69 Å². The summed E-state index contributed by atoms with van der Waals surface area (Å²) in [6.45, 7) is 0.997. The summed E-state index contributed by atoms with van der Waals surface area (Å²) >= 11 is 0. The van der Waals surface area contributed by atoms with Gasteiger partial charge >= 0.3 is 5.97 Å². The lowest BCUT2D eigenvalue weighted by Crippen LogP contribution is -2.45. The molecule has 0 saturated carbocycles. The molecule has 1 aliphatic rings. The third kappa shape index (κ3) is 3.29. The second-order valence-electron chi connectivity index (χ2n) is 5.59. The summed E-state index contributed by atoms with van der Waals surface area (Å²) in [5.41, 5.74) is 3.14. The predicted octanol–water partition coefficient (Wildman–Crippen LogP) is 2.26. The number of fused-ring (bicyclic) bond motifs is 1. The van der Waals surface area contributed by atoms with E-state index in [-0.39, 0.29) is 0 Å². The van der Waals surface area contributed by atoms with Gasteiger partial charge in [0.1, 0.15) is 18.5 Å². The summed E-state index contributed by atoms with van der Waals surface area (Å²) in [5, 5.41) is 12.5. The zero-order valence-electron chi connectivity index (χ0n) is 13.0. The van der Waals surface area contributed by atoms with Gasteiger partial charge in [0.25, 0.3) is 0 Å². The molecule has 0 bridgehead atoms. The Bertz CT molecular complexity index is 702. The molecule has 2 aromatic rings. The minimum atomic E-state index is -0.805. The van der Waals surface area contributed by atoms with E-state index < -0.39 is 12.0 Å². The van der Waals surface area contributed by atoms with E-state index in [1.807, 2.05) is 54.4 Å². The highest BCUT2D eigenvalue weighted by atomic mass is 16.5. The van der Waals surface area contributed by atoms with Crippen molar-refractivity contribution in [2.45, 2.75) is 19.0 Å². The average molecular weight is 312 g/mol. The molecule has 5 heteroatoms. The van der Waals surface area contributed by atoms with Crippen LogP contribution in [0.3, 0.4) is 0 Å². The van der Waals surface area contributed by atoms with Crippen LogP contribution in [-0.2, 0) is 17.8 Å². The zero-order valence-corrected chi connectivity index (χ0v) is 13.0. The highest BCUT2D eigenvalue weighted by Gasteiger charge is 2.31. The van der Waals surface area contributed by atoms with Crippen LogP contribution in [0.1, 0.15) is 11.1 Å². The van der Waals surface area contributed by atoms with E-state index in [1.54, 1.807) is 0 Å². The molecule has 0 fully saturated rings. The van der Waals surface area contributed by atoms with Crippen LogP contribution in [0.25, 0.3) is 0 Å². The Morgan fingerprint density at radius 1 is 1.26 bits per heavy atom. The molecule has 1 unspecified atom stereocenters. The maximum atomic E-state index is 11.7. The molecule has 5 nitrogen and oxygen atoms in total. The van der Waals surface area contributed by atoms with Gasteiger partial charge in [-0.25, -0.2) is 4.79 Å². The fourth-order valence-electron chi connectivity index (χ4n) is 2.92. The molecule has 0 aromatic heterocycles. The molecule has 0 saturated heterocycles. The van der Waals surface area contributed by atoms with Crippen molar-refractivity contribution in [3.63, 3.8) is 0 Å². The number of carboxylic acids is 1. The third-order valence-electron chi connectivity index (χ3n) is 4.07. The molecule has 0 radical (unpaired) electrons. The molecule has 1 atom stereocenters. The molecule has 0 amide bonds. The number of carboxylic acid groups (broad SMARTS) is 1. The normalized spacial score (nSPS) is 16.7. The molecule has 0 aliphatic carbocycles. The Morgan fingerprint density at radius 3 is 2.78 bits per heavy atom. The first kappa shape index (κ1) is 15.4. The summed E-state index contributed by atoms with van der Waals surface area (Å²) in [4.78, 5) is 13.6. The van der Waals surface area contributed by atoms with E-state index >= 15 is 0 Å². The molecule has 2 aromatic carbocycles. The third-order valence-corrected chi connectivity index (χ3v) is 4.07. The number of hydrogen-bond acceptors (Lipinski definition) is 4. The first-order chi connectivity index (χ1) is 11.2. The number of nitrogens with zero attached hydrogens (tertiary/aromatic N) is 1. The Morgan fingerprint density at radius 2 is 2.04 bits per heavy atom. The van der Waals surface area contributed by atoms with Gasteiger partial charge in [0, 0.05) is 24.7 Å². The highest BCUT2D eigenvalue weighted by molar-refractivity contribution is 5.79. The highest BCUT2D eigenvalue weighted by Crippen LogP contribution is 2.30. The molecule has 3 rings (SSSR count). The molecular formula is C18H20N2O3. The van der Waals surface area contributed by atoms with E-state index in [0.717, 1.165) is 17.0 Å². The number of hydrogen-bond donors (Lipinski definition) is 2. The first-order valence-corrected chi connectivity index (χ1v) is 7.62. The van der Waals surface area contributed by atoms with Crippen molar-refractivity contribution >= 4 is 11.7 Å². The van der Waals surface area contributed by atoms with E-state index in [2.05, 4.69) is 11.4 Å². The molecular weight excluding hydrogens is 292 g/mol. The van der Waals surface area contributed by atoms with E-state index in [9.17, 15) is 9.90 Å². The van der Waals surface area contributed by atoms with Crippen molar-refractivity contribution in [2.24, 2.45) is 0 Å². The standard InChI is InChI=1S/C18H20N2O3/c1-19-12-23-16-8-4-7-15(10-16)20-11-14-6-3-2-5-13(14)9-17(20)18(21)22/h2-8,10,17,19H,9,11-12H2,1H3,(H,21,22). The van der Waals surface area contributed by atoms with Gasteiger partial charge in [-0.05, 0) is 30.3 Å². The maximum Gasteiger partial charge on any atom is 0.326 e. The lowest BCUT2D eigenvalue weighted by atomic mass is 9.93. The van der Waals surface area contributed by atoms with Gasteiger partial charge in [-0.2, -0.15) is 0 Å². The minimum Gasteiger partial charge on any atom is -0.480 e. The van der Waals surface area contributed by atoms with Crippen LogP contribution in [-0.4, -0.2) is 30.9 Å². The fraction of sp³-hybridized carbons (Fsp3) is 0.278. The lowest BCUT2D eigenvalue weighted by Gasteiger charge is -2.36. The Labute approximate surface area is 135 Å². The topological polar surface area (TPSA) is 61.8 Å². The number of ether oxygens (including phenoxy) is 1. The minimum absolute atomic E-state index is 0.411. The summed E-state index contributed by atoms with van der Waals surface area (Å²) in [5.74, 6) is -0.0825. The summed E-state index contributed by atoms with van der Waals surface area (Å²) in [6.07, 6.45) is 0.507. The second-order valence-corrected chi connectivity index (χ2v) is 5.59. The van der Waals surface area contributed by atoms with Gasteiger partial charge in [0.05, 0.1) is 0 Å². The van der Waals surface area contributed by atoms with Crippen molar-refractivity contribution in [1.29, 1.82) is 0 Å². The zero-order chi connectivity index (χ0) is 16.2. The number of anilines is 1. The van der Waals surface area contributed by atoms with E-state index in [4.69, 9.17) is 4.74 Å². The van der Waals surface area contributed by atoms with Gasteiger partial charge in [-0.15, -0.1) is 0 Å². The van der Waals surface area contributed by atoms with E-state index in [0.29, 0.717) is 19.7 Å². The largest absolute Gasteiger partial charge is 0.480 e. The number of aliphatic carboxylic acids is 1. The van der Waals surface area contributed by atoms with Gasteiger partial charge in [0.15, 0.2) is 0 Å². The predicted molar refractivity (Wildman–Crippen MR) is 88.7 cm³/mol. The number of rotatable bonds is 5. The van der Waals surface area contributed by atoms with Crippen molar-refractivity contribution < 1.29 is 14.6 Å². The van der Waals surface area contributed by atoms with Crippen molar-refractivity contribution in [3.05, 3.63) is 59.7 Å². The Hall–Kier alpha value is -2.53. The van der Waals surface area contributed by atoms with Crippen LogP contribution in [0.2, 0.25) is 0 Å². The SMILES string of the molecule is CNCOc1cccc(N2Cc3ccccc3CC2C(=O)O)c1. The van der Waals surface area contributed by atoms with Crippen LogP contribution >= 0.6 is 0 Å². The Balaban J connectivity index is 1.92. The number of benzene rings is 2. The fourth-order valence-corrected chi connectivity index (χ4v) is 2.92. The monoisotopic (exact) mass is 312 g/mol. The summed E-state index contributed by atoms with van der Waals surface area (Å²) in [6, 6.07) is 15.0. The number of carbonyl (C=O) groups is 1. The second kappa shape index (κ2) is 6.71. The van der Waals surface area contributed by atoms with Gasteiger partial charge in [-0.3, -0.25) is 5.32 Å². The smallest absolute Gasteiger partial charge is 0.326 e. The molecule has 0 spiro atoms. The van der Waals surface area contributed by atoms with Gasteiger partial charge in [0.2, 0.25) is 0 Å². The van der Waals surface area contributed by atoms with Crippen LogP contribution < -0.4 is 15.0 Å². The van der Waals surface area contributed by atoms with Gasteiger partial charge in [-0.1, -0.05) is 30.3 Å². The summed E-state index contributed by atoms with van der Waals surface area (Å²) < 4.78 is 5.57. The molecule has 1 aliphatic heterocycles. The Kier molecular flexibility index (Phi) is 4.48. The van der Waals surface area contributed by atoms with E-state index in [1.165, 1.54) is 5.56 Å². The maximum absolute atomic E-state index is 11.7. The quantitative estimate of drug-likeness (QED) is 0.829. The molecule has 2 N–H and O–H groups in total. The average Bonchev–Trinajstić information content (AvgIpc) is 2.59. The lowest BCUT2D eigenvalue weighted by molar-refractivity contribution is -0.138. The van der Waals surface area contributed by atoms with Crippen molar-refractivity contribution in [3.8, 4) is 5.75 Å². The van der Waals surface area contributed by atoms with Crippen LogP contribution in [0, 0.1) is 0 Å². The summed E-state index contributed by atoms with van der Waals surface area (Å²) in [7, 11) is 1.81.